The number of halogens is 3. The topological polar surface area (TPSA) is 33.2 Å². The van der Waals surface area contributed by atoms with Gasteiger partial charge >= 0.3 is 6.18 Å². The van der Waals surface area contributed by atoms with Crippen molar-refractivity contribution in [1.82, 2.24) is 4.98 Å². The van der Waals surface area contributed by atoms with Crippen LogP contribution in [0.4, 0.5) is 18.9 Å². The van der Waals surface area contributed by atoms with Crippen LogP contribution in [0.2, 0.25) is 0 Å². The van der Waals surface area contributed by atoms with Crippen LogP contribution in [0.15, 0.2) is 85.1 Å². The first kappa shape index (κ1) is 20.6. The van der Waals surface area contributed by atoms with E-state index in [1.54, 1.807) is 13.1 Å². The Morgan fingerprint density at radius 3 is 2.19 bits per heavy atom. The van der Waals surface area contributed by atoms with Crippen LogP contribution in [-0.4, -0.2) is 17.9 Å². The number of nitrogens with zero attached hydrogens (tertiary/aromatic N) is 2. The van der Waals surface area contributed by atoms with E-state index in [1.807, 2.05) is 60.7 Å². The van der Waals surface area contributed by atoms with Gasteiger partial charge in [-0.1, -0.05) is 60.7 Å². The average molecular weight is 420 g/mol. The average Bonchev–Trinajstić information content (AvgIpc) is 2.78. The molecular formula is C25H19F3N2O. The monoisotopic (exact) mass is 420 g/mol. The highest BCUT2D eigenvalue weighted by Crippen LogP contribution is 2.38. The van der Waals surface area contributed by atoms with Crippen LogP contribution in [0.5, 0.6) is 0 Å². The molecule has 0 bridgehead atoms. The number of hydrogen-bond donors (Lipinski definition) is 0. The summed E-state index contributed by atoms with van der Waals surface area (Å²) in [6.45, 7) is 0. The number of para-hydroxylation sites is 2. The normalized spacial score (nSPS) is 11.5. The number of carbonyl (C=O) groups excluding carboxylic acids is 1. The second-order valence-corrected chi connectivity index (χ2v) is 7.19. The van der Waals surface area contributed by atoms with E-state index in [0.717, 1.165) is 17.3 Å². The van der Waals surface area contributed by atoms with Gasteiger partial charge in [-0.3, -0.25) is 9.78 Å². The first-order valence-corrected chi connectivity index (χ1v) is 9.71. The molecule has 0 aliphatic heterocycles. The van der Waals surface area contributed by atoms with Gasteiger partial charge < -0.3 is 4.90 Å². The van der Waals surface area contributed by atoms with Crippen molar-refractivity contribution in [2.45, 2.75) is 12.6 Å². The minimum absolute atomic E-state index is 0.00874. The van der Waals surface area contributed by atoms with Crippen LogP contribution in [0.25, 0.3) is 22.0 Å². The molecule has 0 spiro atoms. The molecule has 0 atom stereocenters. The number of pyridine rings is 1. The van der Waals surface area contributed by atoms with Crippen molar-refractivity contribution in [1.29, 1.82) is 0 Å². The fraction of sp³-hybridized carbons (Fsp3) is 0.120. The van der Waals surface area contributed by atoms with Gasteiger partial charge in [0.25, 0.3) is 0 Å². The van der Waals surface area contributed by atoms with Crippen LogP contribution in [0, 0.1) is 0 Å². The summed E-state index contributed by atoms with van der Waals surface area (Å²) in [6, 6.07) is 22.3. The van der Waals surface area contributed by atoms with E-state index in [0.29, 0.717) is 16.5 Å². The van der Waals surface area contributed by atoms with Crippen LogP contribution >= 0.6 is 0 Å². The van der Waals surface area contributed by atoms with E-state index in [2.05, 4.69) is 4.98 Å². The Bertz CT molecular complexity index is 1220. The largest absolute Gasteiger partial charge is 0.418 e. The molecule has 0 aliphatic rings. The highest BCUT2D eigenvalue weighted by atomic mass is 19.4. The lowest BCUT2D eigenvalue weighted by molar-refractivity contribution is -0.136. The minimum atomic E-state index is -4.52. The molecule has 6 heteroatoms. The summed E-state index contributed by atoms with van der Waals surface area (Å²) in [5, 5.41) is 0.369. The highest BCUT2D eigenvalue weighted by molar-refractivity contribution is 6.01. The fourth-order valence-electron chi connectivity index (χ4n) is 3.65. The number of amides is 1. The molecule has 0 radical (unpaired) electrons. The molecular weight excluding hydrogens is 401 g/mol. The molecule has 0 aliphatic carbocycles. The molecule has 1 aromatic heterocycles. The number of fused-ring (bicyclic) bond motifs is 1. The van der Waals surface area contributed by atoms with Gasteiger partial charge in [-0.2, -0.15) is 13.2 Å². The summed E-state index contributed by atoms with van der Waals surface area (Å²) >= 11 is 0. The number of alkyl halides is 3. The SMILES string of the molecule is CN(C(=O)Cc1cnc2c(C(F)(F)F)cccc2c1-c1ccccc1)c1ccccc1. The standard InChI is InChI=1S/C25H19F3N2O/c1-30(19-11-6-3-7-12-19)22(31)15-18-16-29-24-20(13-8-14-21(24)25(26,27)28)23(18)17-9-4-2-5-10-17/h2-14,16H,15H2,1H3. The van der Waals surface area contributed by atoms with Gasteiger partial charge in [0.1, 0.15) is 0 Å². The maximum atomic E-state index is 13.6. The van der Waals surface area contributed by atoms with Crippen molar-refractivity contribution in [3.05, 3.63) is 96.2 Å². The van der Waals surface area contributed by atoms with Gasteiger partial charge in [0.05, 0.1) is 17.5 Å². The van der Waals surface area contributed by atoms with E-state index in [4.69, 9.17) is 0 Å². The van der Waals surface area contributed by atoms with E-state index < -0.39 is 11.7 Å². The van der Waals surface area contributed by atoms with Crippen molar-refractivity contribution in [2.24, 2.45) is 0 Å². The Balaban J connectivity index is 1.85. The van der Waals surface area contributed by atoms with Crippen LogP contribution in [0.3, 0.4) is 0 Å². The molecule has 0 saturated heterocycles. The number of rotatable bonds is 4. The Morgan fingerprint density at radius 2 is 1.55 bits per heavy atom. The van der Waals surface area contributed by atoms with Crippen LogP contribution in [-0.2, 0) is 17.4 Å². The maximum absolute atomic E-state index is 13.6. The number of carbonyl (C=O) groups is 1. The fourth-order valence-corrected chi connectivity index (χ4v) is 3.65. The molecule has 4 aromatic rings. The number of likely N-dealkylation sites (N-methyl/N-ethyl adjacent to an activating group) is 1. The van der Waals surface area contributed by atoms with Crippen molar-refractivity contribution in [3.63, 3.8) is 0 Å². The van der Waals surface area contributed by atoms with Gasteiger partial charge in [-0.15, -0.1) is 0 Å². The van der Waals surface area contributed by atoms with Gasteiger partial charge in [-0.25, -0.2) is 0 Å². The summed E-state index contributed by atoms with van der Waals surface area (Å²) in [7, 11) is 1.68. The smallest absolute Gasteiger partial charge is 0.315 e. The van der Waals surface area contributed by atoms with Crippen molar-refractivity contribution >= 4 is 22.5 Å². The molecule has 0 saturated carbocycles. The molecule has 0 unspecified atom stereocenters. The quantitative estimate of drug-likeness (QED) is 0.398. The lowest BCUT2D eigenvalue weighted by atomic mass is 9.93. The zero-order valence-electron chi connectivity index (χ0n) is 16.7. The first-order valence-electron chi connectivity index (χ1n) is 9.71. The van der Waals surface area contributed by atoms with Gasteiger partial charge in [0.2, 0.25) is 5.91 Å². The zero-order valence-corrected chi connectivity index (χ0v) is 16.7. The van der Waals surface area contributed by atoms with Crippen molar-refractivity contribution < 1.29 is 18.0 Å². The minimum Gasteiger partial charge on any atom is -0.315 e. The summed E-state index contributed by atoms with van der Waals surface area (Å²) in [4.78, 5) is 18.6. The van der Waals surface area contributed by atoms with Crippen LogP contribution in [0.1, 0.15) is 11.1 Å². The number of aromatic nitrogens is 1. The molecule has 1 amide bonds. The predicted molar refractivity (Wildman–Crippen MR) is 116 cm³/mol. The summed E-state index contributed by atoms with van der Waals surface area (Å²) in [5.74, 6) is -0.184. The predicted octanol–water partition coefficient (Wildman–Crippen LogP) is 6.13. The number of anilines is 1. The third-order valence-electron chi connectivity index (χ3n) is 5.20. The molecule has 1 heterocycles. The molecule has 156 valence electrons. The second-order valence-electron chi connectivity index (χ2n) is 7.19. The van der Waals surface area contributed by atoms with E-state index >= 15 is 0 Å². The van der Waals surface area contributed by atoms with Gasteiger partial charge in [0.15, 0.2) is 0 Å². The van der Waals surface area contributed by atoms with E-state index in [9.17, 15) is 18.0 Å². The molecule has 0 fully saturated rings. The lowest BCUT2D eigenvalue weighted by Gasteiger charge is -2.20. The Hall–Kier alpha value is -3.67. The van der Waals surface area contributed by atoms with Gasteiger partial charge in [0, 0.05) is 24.3 Å². The molecule has 3 aromatic carbocycles. The molecule has 4 rings (SSSR count). The third kappa shape index (κ3) is 4.14. The van der Waals surface area contributed by atoms with Gasteiger partial charge in [-0.05, 0) is 34.9 Å². The molecule has 31 heavy (non-hydrogen) atoms. The second kappa shape index (κ2) is 8.22. The number of benzene rings is 3. The Labute approximate surface area is 177 Å². The van der Waals surface area contributed by atoms with E-state index in [1.165, 1.54) is 17.2 Å². The summed E-state index contributed by atoms with van der Waals surface area (Å²) in [6.07, 6.45) is -3.13. The Morgan fingerprint density at radius 1 is 0.903 bits per heavy atom. The first-order chi connectivity index (χ1) is 14.9. The highest BCUT2D eigenvalue weighted by Gasteiger charge is 2.33. The lowest BCUT2D eigenvalue weighted by Crippen LogP contribution is -2.28. The van der Waals surface area contributed by atoms with Crippen molar-refractivity contribution in [2.75, 3.05) is 11.9 Å². The van der Waals surface area contributed by atoms with Crippen LogP contribution < -0.4 is 4.90 Å². The summed E-state index contributed by atoms with van der Waals surface area (Å²) < 4.78 is 40.7. The zero-order chi connectivity index (χ0) is 22.0. The van der Waals surface area contributed by atoms with Crippen molar-refractivity contribution in [3.8, 4) is 11.1 Å². The third-order valence-corrected chi connectivity index (χ3v) is 5.20. The Kier molecular flexibility index (Phi) is 5.46. The maximum Gasteiger partial charge on any atom is 0.418 e. The van der Waals surface area contributed by atoms with E-state index in [-0.39, 0.29) is 17.8 Å². The molecule has 0 N–H and O–H groups in total. The summed E-state index contributed by atoms with van der Waals surface area (Å²) in [5.41, 5.74) is 1.72. The molecule has 3 nitrogen and oxygen atoms in total. The number of hydrogen-bond acceptors (Lipinski definition) is 2.